The molecule has 0 saturated heterocycles. The molecular formula is C20H31NO2. The molecule has 4 saturated carbocycles. The Morgan fingerprint density at radius 2 is 1.87 bits per heavy atom. The molecule has 128 valence electrons. The van der Waals surface area contributed by atoms with Crippen LogP contribution in [0.3, 0.4) is 0 Å². The van der Waals surface area contributed by atoms with E-state index in [0.717, 1.165) is 32.1 Å². The van der Waals surface area contributed by atoms with E-state index < -0.39 is 0 Å². The van der Waals surface area contributed by atoms with Crippen molar-refractivity contribution in [1.29, 1.82) is 5.26 Å². The standard InChI is InChI=1S/C20H31NO2/c1-19-8-7-18-16(17(19)5-3-14(19)11-21)4-2-13-10-15(23)6-9-20(13,18)12-22/h13-18,22-23H,2-10,12H2,1H3/t13-,14+,15+,16-,17-,18-,19+,20+/m0/s1. The molecule has 4 rings (SSSR count). The van der Waals surface area contributed by atoms with Crippen molar-refractivity contribution in [3.05, 3.63) is 0 Å². The Morgan fingerprint density at radius 3 is 2.61 bits per heavy atom. The average molecular weight is 317 g/mol. The summed E-state index contributed by atoms with van der Waals surface area (Å²) in [4.78, 5) is 0. The Kier molecular flexibility index (Phi) is 3.78. The summed E-state index contributed by atoms with van der Waals surface area (Å²) in [6.07, 6.45) is 9.67. The maximum absolute atomic E-state index is 10.4. The number of nitrogens with zero attached hydrogens (tertiary/aromatic N) is 1. The first-order valence-electron chi connectivity index (χ1n) is 9.73. The van der Waals surface area contributed by atoms with Gasteiger partial charge in [-0.3, -0.25) is 0 Å². The smallest absolute Gasteiger partial charge is 0.0661 e. The second-order valence-corrected chi connectivity index (χ2v) is 9.27. The first-order valence-corrected chi connectivity index (χ1v) is 9.73. The Bertz CT molecular complexity index is 514. The van der Waals surface area contributed by atoms with Crippen LogP contribution >= 0.6 is 0 Å². The van der Waals surface area contributed by atoms with Gasteiger partial charge in [0.2, 0.25) is 0 Å². The van der Waals surface area contributed by atoms with Crippen LogP contribution in [0, 0.1) is 51.8 Å². The predicted molar refractivity (Wildman–Crippen MR) is 88.2 cm³/mol. The van der Waals surface area contributed by atoms with Gasteiger partial charge in [0, 0.05) is 6.61 Å². The third-order valence-electron chi connectivity index (χ3n) is 8.79. The summed E-state index contributed by atoms with van der Waals surface area (Å²) in [5.41, 5.74) is 0.280. The molecule has 23 heavy (non-hydrogen) atoms. The van der Waals surface area contributed by atoms with E-state index in [-0.39, 0.29) is 22.9 Å². The molecule has 0 aromatic heterocycles. The monoisotopic (exact) mass is 317 g/mol. The molecule has 0 aromatic carbocycles. The second kappa shape index (κ2) is 5.46. The van der Waals surface area contributed by atoms with Gasteiger partial charge in [-0.15, -0.1) is 0 Å². The first-order chi connectivity index (χ1) is 11.0. The number of hydrogen-bond acceptors (Lipinski definition) is 3. The van der Waals surface area contributed by atoms with Crippen molar-refractivity contribution in [2.24, 2.45) is 40.4 Å². The van der Waals surface area contributed by atoms with Crippen molar-refractivity contribution in [2.45, 2.75) is 70.8 Å². The SMILES string of the molecule is C[C@]12CC[C@H]3[C@@H](CC[C@H]4C[C@H](O)CC[C@@]43CO)[C@@H]1CC[C@@H]2C#N. The highest BCUT2D eigenvalue weighted by molar-refractivity contribution is 5.13. The fourth-order valence-electron chi connectivity index (χ4n) is 7.55. The van der Waals surface area contributed by atoms with E-state index in [9.17, 15) is 15.5 Å². The second-order valence-electron chi connectivity index (χ2n) is 9.27. The molecule has 0 aliphatic heterocycles. The lowest BCUT2D eigenvalue weighted by Gasteiger charge is -2.61. The van der Waals surface area contributed by atoms with Crippen molar-refractivity contribution >= 4 is 0 Å². The Hall–Kier alpha value is -0.590. The average Bonchev–Trinajstić information content (AvgIpc) is 2.90. The van der Waals surface area contributed by atoms with E-state index in [1.807, 2.05) is 0 Å². The molecule has 4 fully saturated rings. The lowest BCUT2D eigenvalue weighted by Crippen LogP contribution is -2.56. The van der Waals surface area contributed by atoms with Gasteiger partial charge in [-0.05, 0) is 92.3 Å². The molecule has 0 aromatic rings. The number of rotatable bonds is 1. The van der Waals surface area contributed by atoms with Gasteiger partial charge < -0.3 is 10.2 Å². The van der Waals surface area contributed by atoms with Crippen LogP contribution in [0.5, 0.6) is 0 Å². The highest BCUT2D eigenvalue weighted by Crippen LogP contribution is 2.67. The van der Waals surface area contributed by atoms with Gasteiger partial charge >= 0.3 is 0 Å². The molecule has 0 spiro atoms. The lowest BCUT2D eigenvalue weighted by molar-refractivity contribution is -0.151. The molecule has 3 nitrogen and oxygen atoms in total. The quantitative estimate of drug-likeness (QED) is 0.778. The molecule has 8 atom stereocenters. The fourth-order valence-corrected chi connectivity index (χ4v) is 7.55. The molecule has 4 aliphatic rings. The van der Waals surface area contributed by atoms with Crippen LogP contribution in [0.1, 0.15) is 64.7 Å². The zero-order valence-electron chi connectivity index (χ0n) is 14.4. The number of fused-ring (bicyclic) bond motifs is 5. The zero-order chi connectivity index (χ0) is 16.2. The van der Waals surface area contributed by atoms with Crippen LogP contribution in [0.25, 0.3) is 0 Å². The van der Waals surface area contributed by atoms with Gasteiger partial charge in [-0.1, -0.05) is 6.92 Å². The summed E-state index contributed by atoms with van der Waals surface area (Å²) in [5, 5.41) is 30.0. The molecule has 0 amide bonds. The van der Waals surface area contributed by atoms with Gasteiger partial charge in [-0.25, -0.2) is 0 Å². The van der Waals surface area contributed by atoms with E-state index in [2.05, 4.69) is 13.0 Å². The number of hydrogen-bond donors (Lipinski definition) is 2. The predicted octanol–water partition coefficient (Wildman–Crippen LogP) is 3.50. The molecule has 2 N–H and O–H groups in total. The van der Waals surface area contributed by atoms with Crippen molar-refractivity contribution < 1.29 is 10.2 Å². The summed E-state index contributed by atoms with van der Waals surface area (Å²) in [5.74, 6) is 2.75. The molecule has 0 bridgehead atoms. The van der Waals surface area contributed by atoms with Gasteiger partial charge in [0.25, 0.3) is 0 Å². The zero-order valence-corrected chi connectivity index (χ0v) is 14.4. The first kappa shape index (κ1) is 15.9. The summed E-state index contributed by atoms with van der Waals surface area (Å²) in [6.45, 7) is 2.67. The summed E-state index contributed by atoms with van der Waals surface area (Å²) < 4.78 is 0. The maximum Gasteiger partial charge on any atom is 0.0661 e. The van der Waals surface area contributed by atoms with E-state index >= 15 is 0 Å². The largest absolute Gasteiger partial charge is 0.396 e. The Labute approximate surface area is 140 Å². The van der Waals surface area contributed by atoms with Crippen LogP contribution < -0.4 is 0 Å². The van der Waals surface area contributed by atoms with Crippen LogP contribution in [0.2, 0.25) is 0 Å². The Morgan fingerprint density at radius 1 is 1.04 bits per heavy atom. The summed E-state index contributed by atoms with van der Waals surface area (Å²) in [7, 11) is 0. The number of aliphatic hydroxyl groups is 2. The summed E-state index contributed by atoms with van der Waals surface area (Å²) >= 11 is 0. The number of aliphatic hydroxyl groups excluding tert-OH is 2. The third kappa shape index (κ3) is 2.07. The highest BCUT2D eigenvalue weighted by atomic mass is 16.3. The molecule has 4 aliphatic carbocycles. The van der Waals surface area contributed by atoms with Crippen molar-refractivity contribution in [3.63, 3.8) is 0 Å². The van der Waals surface area contributed by atoms with E-state index in [4.69, 9.17) is 0 Å². The van der Waals surface area contributed by atoms with E-state index in [0.29, 0.717) is 30.3 Å². The van der Waals surface area contributed by atoms with Gasteiger partial charge in [-0.2, -0.15) is 5.26 Å². The van der Waals surface area contributed by atoms with Crippen LogP contribution in [0.15, 0.2) is 0 Å². The minimum absolute atomic E-state index is 0.0637. The van der Waals surface area contributed by atoms with Gasteiger partial charge in [0.05, 0.1) is 18.1 Å². The molecule has 3 heteroatoms. The minimum atomic E-state index is -0.153. The number of nitriles is 1. The van der Waals surface area contributed by atoms with Gasteiger partial charge in [0.1, 0.15) is 0 Å². The van der Waals surface area contributed by atoms with Gasteiger partial charge in [0.15, 0.2) is 0 Å². The maximum atomic E-state index is 10.4. The van der Waals surface area contributed by atoms with E-state index in [1.54, 1.807) is 0 Å². The van der Waals surface area contributed by atoms with Crippen molar-refractivity contribution in [1.82, 2.24) is 0 Å². The molecule has 0 unspecified atom stereocenters. The molecule has 0 heterocycles. The highest BCUT2D eigenvalue weighted by Gasteiger charge is 2.61. The van der Waals surface area contributed by atoms with E-state index in [1.165, 1.54) is 25.7 Å². The van der Waals surface area contributed by atoms with Crippen LogP contribution in [-0.2, 0) is 0 Å². The van der Waals surface area contributed by atoms with Crippen LogP contribution in [-0.4, -0.2) is 22.9 Å². The molecular weight excluding hydrogens is 286 g/mol. The molecule has 0 radical (unpaired) electrons. The van der Waals surface area contributed by atoms with Crippen molar-refractivity contribution in [2.75, 3.05) is 6.61 Å². The fraction of sp³-hybridized carbons (Fsp3) is 0.950. The van der Waals surface area contributed by atoms with Crippen molar-refractivity contribution in [3.8, 4) is 6.07 Å². The lowest BCUT2D eigenvalue weighted by atomic mass is 9.44. The minimum Gasteiger partial charge on any atom is -0.396 e. The summed E-state index contributed by atoms with van der Waals surface area (Å²) in [6, 6.07) is 2.60. The topological polar surface area (TPSA) is 64.2 Å². The Balaban J connectivity index is 1.65. The normalized spacial score (nSPS) is 55.4. The third-order valence-corrected chi connectivity index (χ3v) is 8.79. The van der Waals surface area contributed by atoms with Crippen LogP contribution in [0.4, 0.5) is 0 Å².